The Labute approximate surface area is 342 Å². The van der Waals surface area contributed by atoms with Crippen molar-refractivity contribution in [1.29, 1.82) is 0 Å². The van der Waals surface area contributed by atoms with Crippen LogP contribution < -0.4 is 0 Å². The van der Waals surface area contributed by atoms with Crippen LogP contribution in [0.2, 0.25) is 0 Å². The van der Waals surface area contributed by atoms with Gasteiger partial charge in [0, 0.05) is 6.54 Å². The molecule has 3 unspecified atom stereocenters. The molecule has 0 radical (unpaired) electrons. The van der Waals surface area contributed by atoms with Crippen molar-refractivity contribution in [3.63, 3.8) is 0 Å². The minimum Gasteiger partial charge on any atom is -0.465 e. The maximum Gasteiger partial charge on any atom is 0.308 e. The second-order valence-electron chi connectivity index (χ2n) is 17.6. The maximum atomic E-state index is 13.0. The molecule has 0 saturated heterocycles. The van der Waals surface area contributed by atoms with Crippen molar-refractivity contribution in [2.45, 2.75) is 252 Å². The highest BCUT2D eigenvalue weighted by Gasteiger charge is 2.25. The lowest BCUT2D eigenvalue weighted by molar-refractivity contribution is -0.150. The van der Waals surface area contributed by atoms with Crippen LogP contribution in [0, 0.1) is 17.8 Å². The zero-order valence-corrected chi connectivity index (χ0v) is 37.4. The van der Waals surface area contributed by atoms with Gasteiger partial charge in [-0.25, -0.2) is 0 Å². The number of aliphatic hydroxyl groups is 1. The van der Waals surface area contributed by atoms with Gasteiger partial charge in [0.15, 0.2) is 0 Å². The van der Waals surface area contributed by atoms with E-state index in [1.165, 1.54) is 109 Å². The smallest absolute Gasteiger partial charge is 0.308 e. The number of unbranched alkanes of at least 4 members (excludes halogenated alkanes) is 21. The van der Waals surface area contributed by atoms with E-state index >= 15 is 0 Å². The first-order valence-electron chi connectivity index (χ1n) is 24.7. The lowest BCUT2D eigenvalue weighted by Crippen LogP contribution is -2.34. The van der Waals surface area contributed by atoms with Gasteiger partial charge >= 0.3 is 11.9 Å². The van der Waals surface area contributed by atoms with Gasteiger partial charge < -0.3 is 19.5 Å². The van der Waals surface area contributed by atoms with Gasteiger partial charge in [-0.3, -0.25) is 9.59 Å². The van der Waals surface area contributed by atoms with E-state index in [0.717, 1.165) is 135 Å². The Kier molecular flexibility index (Phi) is 36.2. The van der Waals surface area contributed by atoms with Crippen LogP contribution in [0.5, 0.6) is 0 Å². The van der Waals surface area contributed by atoms with E-state index in [1.807, 2.05) is 0 Å². The number of carbonyl (C=O) groups excluding carboxylic acids is 2. The number of carbonyl (C=O) groups is 2. The highest BCUT2D eigenvalue weighted by Crippen LogP contribution is 2.33. The minimum absolute atomic E-state index is 0.0477. The Morgan fingerprint density at radius 2 is 0.818 bits per heavy atom. The molecule has 1 aliphatic carbocycles. The summed E-state index contributed by atoms with van der Waals surface area (Å²) in [5.74, 6) is 1.00. The van der Waals surface area contributed by atoms with Gasteiger partial charge in [0.05, 0.1) is 31.2 Å². The van der Waals surface area contributed by atoms with Crippen LogP contribution >= 0.6 is 0 Å². The molecule has 0 amide bonds. The Morgan fingerprint density at radius 1 is 0.491 bits per heavy atom. The van der Waals surface area contributed by atoms with E-state index in [2.05, 4.69) is 32.6 Å². The average molecular weight is 778 g/mol. The van der Waals surface area contributed by atoms with E-state index in [9.17, 15) is 14.7 Å². The molecular weight excluding hydrogens is 683 g/mol. The van der Waals surface area contributed by atoms with E-state index in [4.69, 9.17) is 9.47 Å². The predicted octanol–water partition coefficient (Wildman–Crippen LogP) is 13.9. The molecule has 0 aromatic carbocycles. The first-order valence-corrected chi connectivity index (χ1v) is 24.7. The molecule has 0 aliphatic heterocycles. The monoisotopic (exact) mass is 778 g/mol. The van der Waals surface area contributed by atoms with Crippen LogP contribution in [0.3, 0.4) is 0 Å². The molecule has 1 saturated carbocycles. The average Bonchev–Trinajstić information content (AvgIpc) is 4.00. The molecule has 0 heterocycles. The highest BCUT2D eigenvalue weighted by atomic mass is 16.5. The van der Waals surface area contributed by atoms with Crippen molar-refractivity contribution < 1.29 is 24.2 Å². The van der Waals surface area contributed by atoms with Crippen molar-refractivity contribution >= 4 is 11.9 Å². The number of ether oxygens (including phenoxy) is 2. The largest absolute Gasteiger partial charge is 0.465 e. The van der Waals surface area contributed by atoms with Gasteiger partial charge in [-0.1, -0.05) is 188 Å². The molecule has 6 heteroatoms. The standard InChI is InChI=1S/C49H95NO5/c1-5-9-13-17-19-27-35-46(33-25-16-12-8-4)49(53)55-41-31-23-21-29-39-50(43-47(51)42-44-36-37-44)38-28-20-22-30-40-54-48(52)45(32-24-15-11-7-3)34-26-18-14-10-6-2/h44-47,51H,5-43H2,1-4H3. The molecule has 326 valence electrons. The fraction of sp³-hybridized carbons (Fsp3) is 0.959. The summed E-state index contributed by atoms with van der Waals surface area (Å²) >= 11 is 0. The number of hydrogen-bond acceptors (Lipinski definition) is 6. The van der Waals surface area contributed by atoms with Gasteiger partial charge in [0.2, 0.25) is 0 Å². The van der Waals surface area contributed by atoms with Crippen LogP contribution in [-0.4, -0.2) is 60.9 Å². The van der Waals surface area contributed by atoms with Crippen molar-refractivity contribution in [2.24, 2.45) is 17.8 Å². The van der Waals surface area contributed by atoms with Crippen molar-refractivity contribution in [1.82, 2.24) is 4.90 Å². The third-order valence-electron chi connectivity index (χ3n) is 12.0. The normalized spacial score (nSPS) is 14.7. The number of hydrogen-bond donors (Lipinski definition) is 1. The van der Waals surface area contributed by atoms with Crippen molar-refractivity contribution in [3.05, 3.63) is 0 Å². The predicted molar refractivity (Wildman–Crippen MR) is 235 cm³/mol. The summed E-state index contributed by atoms with van der Waals surface area (Å²) in [4.78, 5) is 28.5. The summed E-state index contributed by atoms with van der Waals surface area (Å²) in [5.41, 5.74) is 0. The molecule has 0 aromatic heterocycles. The summed E-state index contributed by atoms with van der Waals surface area (Å²) < 4.78 is 11.7. The molecule has 1 aliphatic rings. The molecule has 6 nitrogen and oxygen atoms in total. The van der Waals surface area contributed by atoms with E-state index < -0.39 is 0 Å². The van der Waals surface area contributed by atoms with E-state index in [1.54, 1.807) is 0 Å². The molecule has 3 atom stereocenters. The maximum absolute atomic E-state index is 13.0. The van der Waals surface area contributed by atoms with Crippen LogP contribution in [0.15, 0.2) is 0 Å². The number of rotatable bonds is 43. The van der Waals surface area contributed by atoms with Crippen molar-refractivity contribution in [3.8, 4) is 0 Å². The fourth-order valence-electron chi connectivity index (χ4n) is 8.13. The fourth-order valence-corrected chi connectivity index (χ4v) is 8.13. The van der Waals surface area contributed by atoms with E-state index in [0.29, 0.717) is 13.2 Å². The summed E-state index contributed by atoms with van der Waals surface area (Å²) in [5, 5.41) is 10.8. The van der Waals surface area contributed by atoms with Gasteiger partial charge in [-0.05, 0) is 76.8 Å². The van der Waals surface area contributed by atoms with Crippen LogP contribution in [0.4, 0.5) is 0 Å². The summed E-state index contributed by atoms with van der Waals surface area (Å²) in [6, 6.07) is 0. The first-order chi connectivity index (χ1) is 26.9. The summed E-state index contributed by atoms with van der Waals surface area (Å²) in [7, 11) is 0. The Bertz CT molecular complexity index is 847. The summed E-state index contributed by atoms with van der Waals surface area (Å²) in [6.45, 7) is 12.9. The van der Waals surface area contributed by atoms with E-state index in [-0.39, 0.29) is 29.9 Å². The van der Waals surface area contributed by atoms with Gasteiger partial charge in [0.1, 0.15) is 0 Å². The highest BCUT2D eigenvalue weighted by molar-refractivity contribution is 5.72. The van der Waals surface area contributed by atoms with Crippen LogP contribution in [-0.2, 0) is 19.1 Å². The number of esters is 2. The van der Waals surface area contributed by atoms with Gasteiger partial charge in [0.25, 0.3) is 0 Å². The minimum atomic E-state index is -0.223. The lowest BCUT2D eigenvalue weighted by Gasteiger charge is -2.25. The first kappa shape index (κ1) is 51.9. The zero-order chi connectivity index (χ0) is 40.0. The number of aliphatic hydroxyl groups excluding tert-OH is 1. The molecule has 1 rings (SSSR count). The van der Waals surface area contributed by atoms with Crippen LogP contribution in [0.1, 0.15) is 246 Å². The molecule has 1 N–H and O–H groups in total. The molecule has 1 fully saturated rings. The Hall–Kier alpha value is -1.14. The third kappa shape index (κ3) is 32.5. The van der Waals surface area contributed by atoms with Gasteiger partial charge in [-0.2, -0.15) is 0 Å². The molecule has 0 bridgehead atoms. The quantitative estimate of drug-likeness (QED) is 0.0491. The lowest BCUT2D eigenvalue weighted by atomic mass is 9.94. The third-order valence-corrected chi connectivity index (χ3v) is 12.0. The topological polar surface area (TPSA) is 76.1 Å². The molecule has 55 heavy (non-hydrogen) atoms. The zero-order valence-electron chi connectivity index (χ0n) is 37.4. The molecule has 0 aromatic rings. The second kappa shape index (κ2) is 38.4. The SMILES string of the molecule is CCCCCCCCC(CCCCCC)C(=O)OCCCCCCN(CCCCCCOC(=O)C(CCCCCC)CCCCCCC)CC(O)CC1CC1. The van der Waals surface area contributed by atoms with Crippen molar-refractivity contribution in [2.75, 3.05) is 32.8 Å². The Morgan fingerprint density at radius 3 is 1.20 bits per heavy atom. The van der Waals surface area contributed by atoms with Gasteiger partial charge in [-0.15, -0.1) is 0 Å². The Balaban J connectivity index is 2.35. The summed E-state index contributed by atoms with van der Waals surface area (Å²) in [6.07, 6.45) is 39.3. The number of nitrogens with zero attached hydrogens (tertiary/aromatic N) is 1. The van der Waals surface area contributed by atoms with Crippen LogP contribution in [0.25, 0.3) is 0 Å². The second-order valence-corrected chi connectivity index (χ2v) is 17.6. The molecular formula is C49H95NO5. The molecule has 0 spiro atoms.